The molecule has 3 rings (SSSR count). The molecule has 3 unspecified atom stereocenters. The van der Waals surface area contributed by atoms with E-state index in [-0.39, 0.29) is 18.6 Å². The third-order valence-electron chi connectivity index (χ3n) is 7.48. The number of hydrogen-bond acceptors (Lipinski definition) is 7. The summed E-state index contributed by atoms with van der Waals surface area (Å²) in [6.45, 7) is 15.9. The molecule has 0 saturated heterocycles. The molecule has 0 aliphatic heterocycles. The number of carbonyl (C=O) groups is 4. The van der Waals surface area contributed by atoms with E-state index in [0.717, 1.165) is 11.1 Å². The number of phenols is 1. The number of ether oxygens (including phenoxy) is 2. The van der Waals surface area contributed by atoms with Crippen LogP contribution in [-0.4, -0.2) is 63.2 Å². The number of aryl methyl sites for hydroxylation is 1. The van der Waals surface area contributed by atoms with Crippen LogP contribution in [0.1, 0.15) is 83.7 Å². The Morgan fingerprint density at radius 3 is 1.80 bits per heavy atom. The first-order chi connectivity index (χ1) is 22.8. The van der Waals surface area contributed by atoms with E-state index in [1.165, 1.54) is 17.0 Å². The van der Waals surface area contributed by atoms with Gasteiger partial charge in [-0.2, -0.15) is 0 Å². The van der Waals surface area contributed by atoms with Gasteiger partial charge in [0.1, 0.15) is 35.1 Å². The lowest BCUT2D eigenvalue weighted by atomic mass is 9.95. The van der Waals surface area contributed by atoms with E-state index >= 15 is 0 Å². The number of phenolic OH excluding ortho intramolecular Hbond substituents is 1. The van der Waals surface area contributed by atoms with Crippen LogP contribution in [0.5, 0.6) is 5.75 Å². The SMILES string of the molecule is Cc1ccccc1C(C(=O)NC(Cc1ccccc1)C(=O)OC(C)(C)C)N(C(=O)C(Cc1ccc(O)cc1)NC(=O)OC(C)(C)C)C(C)C. The molecular formula is C39H51N3O7. The average Bonchev–Trinajstić information content (AvgIpc) is 2.99. The number of nitrogens with zero attached hydrogens (tertiary/aromatic N) is 1. The fourth-order valence-corrected chi connectivity index (χ4v) is 5.36. The first kappa shape index (κ1) is 38.6. The molecule has 3 aromatic carbocycles. The highest BCUT2D eigenvalue weighted by molar-refractivity contribution is 5.94. The van der Waals surface area contributed by atoms with Crippen LogP contribution < -0.4 is 10.6 Å². The minimum Gasteiger partial charge on any atom is -0.508 e. The smallest absolute Gasteiger partial charge is 0.408 e. The number of nitrogens with one attached hydrogen (secondary N) is 2. The Morgan fingerprint density at radius 1 is 0.714 bits per heavy atom. The van der Waals surface area contributed by atoms with E-state index in [1.807, 2.05) is 49.4 Å². The maximum absolute atomic E-state index is 14.7. The van der Waals surface area contributed by atoms with Crippen molar-refractivity contribution < 1.29 is 33.8 Å². The molecule has 3 atom stereocenters. The Balaban J connectivity index is 2.10. The van der Waals surface area contributed by atoms with Crippen LogP contribution in [0.25, 0.3) is 0 Å². The third-order valence-corrected chi connectivity index (χ3v) is 7.48. The van der Waals surface area contributed by atoms with E-state index in [1.54, 1.807) is 79.7 Å². The zero-order chi connectivity index (χ0) is 36.5. The molecular weight excluding hydrogens is 622 g/mol. The van der Waals surface area contributed by atoms with E-state index in [2.05, 4.69) is 10.6 Å². The highest BCUT2D eigenvalue weighted by atomic mass is 16.6. The fraction of sp³-hybridized carbons (Fsp3) is 0.436. The zero-order valence-corrected chi connectivity index (χ0v) is 30.1. The molecule has 0 aromatic heterocycles. The second-order valence-electron chi connectivity index (χ2n) is 14.5. The van der Waals surface area contributed by atoms with E-state index < -0.39 is 59.2 Å². The van der Waals surface area contributed by atoms with E-state index in [0.29, 0.717) is 11.1 Å². The summed E-state index contributed by atoms with van der Waals surface area (Å²) >= 11 is 0. The molecule has 10 nitrogen and oxygen atoms in total. The van der Waals surface area contributed by atoms with Crippen molar-refractivity contribution in [1.29, 1.82) is 0 Å². The Hall–Kier alpha value is -4.86. The molecule has 264 valence electrons. The minimum atomic E-state index is -1.18. The Morgan fingerprint density at radius 2 is 1.24 bits per heavy atom. The summed E-state index contributed by atoms with van der Waals surface area (Å²) in [4.78, 5) is 57.4. The first-order valence-corrected chi connectivity index (χ1v) is 16.6. The topological polar surface area (TPSA) is 134 Å². The van der Waals surface area contributed by atoms with Crippen LogP contribution >= 0.6 is 0 Å². The lowest BCUT2D eigenvalue weighted by Crippen LogP contribution is -2.57. The molecule has 0 aliphatic rings. The van der Waals surface area contributed by atoms with E-state index in [4.69, 9.17) is 9.47 Å². The molecule has 0 radical (unpaired) electrons. The van der Waals surface area contributed by atoms with E-state index in [9.17, 15) is 24.3 Å². The predicted molar refractivity (Wildman–Crippen MR) is 189 cm³/mol. The Bertz CT molecular complexity index is 1570. The van der Waals surface area contributed by atoms with Gasteiger partial charge in [-0.05, 0) is 96.7 Å². The molecule has 0 aliphatic carbocycles. The van der Waals surface area contributed by atoms with Crippen LogP contribution in [0.2, 0.25) is 0 Å². The quantitative estimate of drug-likeness (QED) is 0.196. The summed E-state index contributed by atoms with van der Waals surface area (Å²) in [6.07, 6.45) is -0.572. The Labute approximate surface area is 290 Å². The van der Waals surface area contributed by atoms with Gasteiger partial charge < -0.3 is 30.1 Å². The summed E-state index contributed by atoms with van der Waals surface area (Å²) < 4.78 is 11.2. The first-order valence-electron chi connectivity index (χ1n) is 16.6. The highest BCUT2D eigenvalue weighted by Gasteiger charge is 2.40. The standard InChI is InChI=1S/C39H51N3O7/c1-25(2)42(35(45)31(41-37(47)49-39(7,8)9)23-28-19-21-29(43)22-20-28)33(30-18-14-13-15-26(30)3)34(44)40-32(36(46)48-38(4,5)6)24-27-16-11-10-12-17-27/h10-22,25,31-33,43H,23-24H2,1-9H3,(H,40,44)(H,41,47). The number of alkyl carbamates (subject to hydrolysis) is 1. The van der Waals surface area contributed by atoms with Gasteiger partial charge in [-0.1, -0.05) is 66.7 Å². The van der Waals surface area contributed by atoms with Gasteiger partial charge in [-0.15, -0.1) is 0 Å². The summed E-state index contributed by atoms with van der Waals surface area (Å²) in [5.74, 6) is -1.66. The number of benzene rings is 3. The van der Waals surface area contributed by atoms with Crippen molar-refractivity contribution in [3.05, 3.63) is 101 Å². The van der Waals surface area contributed by atoms with Crippen LogP contribution in [0.4, 0.5) is 4.79 Å². The van der Waals surface area contributed by atoms with Gasteiger partial charge in [-0.3, -0.25) is 9.59 Å². The second kappa shape index (κ2) is 16.5. The van der Waals surface area contributed by atoms with Gasteiger partial charge in [0.05, 0.1) is 0 Å². The number of esters is 1. The summed E-state index contributed by atoms with van der Waals surface area (Å²) in [6, 6.07) is 18.9. The number of rotatable bonds is 12. The Kier molecular flexibility index (Phi) is 13.0. The van der Waals surface area contributed by atoms with Gasteiger partial charge in [0.25, 0.3) is 0 Å². The zero-order valence-electron chi connectivity index (χ0n) is 30.1. The van der Waals surface area contributed by atoms with Gasteiger partial charge in [-0.25, -0.2) is 9.59 Å². The largest absolute Gasteiger partial charge is 0.508 e. The van der Waals surface area contributed by atoms with Crippen molar-refractivity contribution >= 4 is 23.9 Å². The number of aromatic hydroxyl groups is 1. The maximum Gasteiger partial charge on any atom is 0.408 e. The molecule has 3 amide bonds. The highest BCUT2D eigenvalue weighted by Crippen LogP contribution is 2.29. The lowest BCUT2D eigenvalue weighted by molar-refractivity contribution is -0.159. The molecule has 0 heterocycles. The number of hydrogen-bond donors (Lipinski definition) is 3. The van der Waals surface area contributed by atoms with Crippen molar-refractivity contribution in [3.8, 4) is 5.75 Å². The van der Waals surface area contributed by atoms with Gasteiger partial charge >= 0.3 is 12.1 Å². The number of amides is 3. The molecule has 10 heteroatoms. The summed E-state index contributed by atoms with van der Waals surface area (Å²) in [5.41, 5.74) is 1.17. The van der Waals surface area contributed by atoms with Crippen LogP contribution in [0.3, 0.4) is 0 Å². The van der Waals surface area contributed by atoms with Gasteiger partial charge in [0, 0.05) is 18.9 Å². The summed E-state index contributed by atoms with van der Waals surface area (Å²) in [7, 11) is 0. The molecule has 3 N–H and O–H groups in total. The molecule has 49 heavy (non-hydrogen) atoms. The van der Waals surface area contributed by atoms with Crippen LogP contribution in [0.15, 0.2) is 78.9 Å². The molecule has 0 spiro atoms. The third kappa shape index (κ3) is 12.0. The van der Waals surface area contributed by atoms with Crippen molar-refractivity contribution in [2.45, 2.75) is 111 Å². The van der Waals surface area contributed by atoms with Crippen molar-refractivity contribution in [2.24, 2.45) is 0 Å². The molecule has 0 saturated carbocycles. The van der Waals surface area contributed by atoms with Crippen molar-refractivity contribution in [2.75, 3.05) is 0 Å². The van der Waals surface area contributed by atoms with Crippen molar-refractivity contribution in [1.82, 2.24) is 15.5 Å². The minimum absolute atomic E-state index is 0.0538. The summed E-state index contributed by atoms with van der Waals surface area (Å²) in [5, 5.41) is 15.5. The van der Waals surface area contributed by atoms with Gasteiger partial charge in [0.2, 0.25) is 11.8 Å². The lowest BCUT2D eigenvalue weighted by Gasteiger charge is -2.38. The fourth-order valence-electron chi connectivity index (χ4n) is 5.36. The molecule has 0 bridgehead atoms. The van der Waals surface area contributed by atoms with Crippen molar-refractivity contribution in [3.63, 3.8) is 0 Å². The number of carbonyl (C=O) groups excluding carboxylic acids is 4. The monoisotopic (exact) mass is 673 g/mol. The van der Waals surface area contributed by atoms with Gasteiger partial charge in [0.15, 0.2) is 0 Å². The average molecular weight is 674 g/mol. The normalized spacial score (nSPS) is 13.5. The second-order valence-corrected chi connectivity index (χ2v) is 14.5. The van der Waals surface area contributed by atoms with Crippen LogP contribution in [-0.2, 0) is 36.7 Å². The predicted octanol–water partition coefficient (Wildman–Crippen LogP) is 6.18. The maximum atomic E-state index is 14.7. The molecule has 3 aromatic rings. The molecule has 0 fully saturated rings. The van der Waals surface area contributed by atoms with Crippen LogP contribution in [0, 0.1) is 6.92 Å².